The molecule has 0 spiro atoms. The van der Waals surface area contributed by atoms with Gasteiger partial charge in [0.15, 0.2) is 0 Å². The molecule has 0 saturated heterocycles. The number of phenols is 1. The molecule has 3 atom stereocenters. The Bertz CT molecular complexity index is 1140. The van der Waals surface area contributed by atoms with Gasteiger partial charge in [-0.25, -0.2) is 4.79 Å². The summed E-state index contributed by atoms with van der Waals surface area (Å²) in [5.41, 5.74) is 1.86. The summed E-state index contributed by atoms with van der Waals surface area (Å²) in [5.74, 6) is -0.495. The Hall–Kier alpha value is -3.55. The Morgan fingerprint density at radius 2 is 1.49 bits per heavy atom. The van der Waals surface area contributed by atoms with E-state index in [2.05, 4.69) is 31.4 Å². The van der Waals surface area contributed by atoms with Gasteiger partial charge in [-0.1, -0.05) is 82.9 Å². The lowest BCUT2D eigenvalue weighted by atomic mass is 9.98. The van der Waals surface area contributed by atoms with Crippen molar-refractivity contribution in [3.8, 4) is 5.75 Å². The second kappa shape index (κ2) is 17.5. The van der Waals surface area contributed by atoms with E-state index in [-0.39, 0.29) is 30.0 Å². The van der Waals surface area contributed by atoms with Crippen LogP contribution >= 0.6 is 0 Å². The molecule has 8 nitrogen and oxygen atoms in total. The van der Waals surface area contributed by atoms with Crippen LogP contribution in [0.4, 0.5) is 4.79 Å². The summed E-state index contributed by atoms with van der Waals surface area (Å²) < 4.78 is 5.53. The Labute approximate surface area is 258 Å². The zero-order chi connectivity index (χ0) is 32.0. The van der Waals surface area contributed by atoms with Gasteiger partial charge in [-0.05, 0) is 75.8 Å². The van der Waals surface area contributed by atoms with Crippen molar-refractivity contribution in [3.63, 3.8) is 0 Å². The van der Waals surface area contributed by atoms with E-state index >= 15 is 0 Å². The van der Waals surface area contributed by atoms with E-state index in [9.17, 15) is 19.5 Å². The molecule has 43 heavy (non-hydrogen) atoms. The fourth-order valence-electron chi connectivity index (χ4n) is 5.03. The van der Waals surface area contributed by atoms with Crippen molar-refractivity contribution >= 4 is 17.9 Å². The number of alkyl carbamates (subject to hydrolysis) is 1. The number of unbranched alkanes of at least 4 members (excludes halogenated alkanes) is 3. The van der Waals surface area contributed by atoms with Gasteiger partial charge in [0.2, 0.25) is 11.8 Å². The predicted octanol–water partition coefficient (Wildman–Crippen LogP) is 6.85. The predicted molar refractivity (Wildman–Crippen MR) is 172 cm³/mol. The Kier molecular flexibility index (Phi) is 14.5. The standard InChI is InChI=1S/C35H53N3O5/c1-8-11-12-13-23-38(31(32(40)36-25(4)14-9-2)28-19-15-26(10-3)16-20-28)33(41)30(37-34(42)43-35(5,6)7)24-27-17-21-29(39)22-18-27/h15-22,25,30-31,39H,8-14,23-24H2,1-7H3,(H,36,40)(H,37,42). The summed E-state index contributed by atoms with van der Waals surface area (Å²) in [4.78, 5) is 43.2. The average molecular weight is 596 g/mol. The van der Waals surface area contributed by atoms with E-state index in [1.165, 1.54) is 0 Å². The third kappa shape index (κ3) is 12.3. The maximum atomic E-state index is 14.6. The van der Waals surface area contributed by atoms with Gasteiger partial charge in [0, 0.05) is 19.0 Å². The monoisotopic (exact) mass is 595 g/mol. The van der Waals surface area contributed by atoms with Crippen molar-refractivity contribution in [1.82, 2.24) is 15.5 Å². The van der Waals surface area contributed by atoms with Gasteiger partial charge >= 0.3 is 6.09 Å². The highest BCUT2D eigenvalue weighted by atomic mass is 16.6. The van der Waals surface area contributed by atoms with E-state index in [4.69, 9.17) is 4.74 Å². The third-order valence-electron chi connectivity index (χ3n) is 7.27. The van der Waals surface area contributed by atoms with Crippen LogP contribution in [0.15, 0.2) is 48.5 Å². The van der Waals surface area contributed by atoms with Crippen LogP contribution in [0.1, 0.15) is 110 Å². The first-order valence-electron chi connectivity index (χ1n) is 15.9. The molecule has 3 N–H and O–H groups in total. The minimum atomic E-state index is -0.996. The van der Waals surface area contributed by atoms with Crippen molar-refractivity contribution in [2.45, 2.75) is 124 Å². The lowest BCUT2D eigenvalue weighted by Gasteiger charge is -2.35. The zero-order valence-electron chi connectivity index (χ0n) is 27.2. The number of carbonyl (C=O) groups is 3. The first-order chi connectivity index (χ1) is 20.4. The first kappa shape index (κ1) is 35.6. The van der Waals surface area contributed by atoms with Crippen LogP contribution < -0.4 is 10.6 Å². The van der Waals surface area contributed by atoms with Crippen molar-refractivity contribution in [1.29, 1.82) is 0 Å². The summed E-state index contributed by atoms with van der Waals surface area (Å²) in [6, 6.07) is 12.5. The van der Waals surface area contributed by atoms with E-state index in [0.29, 0.717) is 6.54 Å². The van der Waals surface area contributed by atoms with Gasteiger partial charge in [0.25, 0.3) is 0 Å². The van der Waals surface area contributed by atoms with E-state index in [0.717, 1.165) is 61.6 Å². The minimum absolute atomic E-state index is 0.0559. The second-order valence-electron chi connectivity index (χ2n) is 12.4. The largest absolute Gasteiger partial charge is 0.508 e. The molecule has 3 unspecified atom stereocenters. The number of amides is 3. The number of ether oxygens (including phenoxy) is 1. The van der Waals surface area contributed by atoms with Gasteiger partial charge in [-0.2, -0.15) is 0 Å². The molecule has 0 aliphatic carbocycles. The number of carbonyl (C=O) groups excluding carboxylic acids is 3. The van der Waals surface area contributed by atoms with E-state index < -0.39 is 23.8 Å². The molecular weight excluding hydrogens is 542 g/mol. The Morgan fingerprint density at radius 1 is 0.860 bits per heavy atom. The molecule has 2 rings (SSSR count). The summed E-state index contributed by atoms with van der Waals surface area (Å²) in [7, 11) is 0. The van der Waals surface area contributed by atoms with Gasteiger partial charge in [-0.15, -0.1) is 0 Å². The molecule has 3 amide bonds. The highest BCUT2D eigenvalue weighted by molar-refractivity contribution is 5.92. The van der Waals surface area contributed by atoms with Crippen molar-refractivity contribution in [3.05, 3.63) is 65.2 Å². The summed E-state index contributed by atoms with van der Waals surface area (Å²) in [6.07, 6.45) is 5.75. The lowest BCUT2D eigenvalue weighted by Crippen LogP contribution is -2.54. The normalized spacial score (nSPS) is 13.5. The number of nitrogens with zero attached hydrogens (tertiary/aromatic N) is 1. The summed E-state index contributed by atoms with van der Waals surface area (Å²) in [5, 5.41) is 15.7. The van der Waals surface area contributed by atoms with Crippen LogP contribution in [0.5, 0.6) is 5.75 Å². The molecule has 2 aromatic carbocycles. The molecule has 0 bridgehead atoms. The number of nitrogens with one attached hydrogen (secondary N) is 2. The number of hydrogen-bond acceptors (Lipinski definition) is 5. The smallest absolute Gasteiger partial charge is 0.408 e. The highest BCUT2D eigenvalue weighted by Gasteiger charge is 2.36. The lowest BCUT2D eigenvalue weighted by molar-refractivity contribution is -0.142. The fraction of sp³-hybridized carbons (Fsp3) is 0.571. The van der Waals surface area contributed by atoms with Crippen LogP contribution in [0.3, 0.4) is 0 Å². The molecular formula is C35H53N3O5. The van der Waals surface area contributed by atoms with Gasteiger partial charge in [0.1, 0.15) is 23.4 Å². The minimum Gasteiger partial charge on any atom is -0.508 e. The maximum absolute atomic E-state index is 14.6. The van der Waals surface area contributed by atoms with E-state index in [1.54, 1.807) is 49.9 Å². The van der Waals surface area contributed by atoms with Crippen molar-refractivity contribution in [2.24, 2.45) is 0 Å². The van der Waals surface area contributed by atoms with Gasteiger partial charge in [0.05, 0.1) is 0 Å². The van der Waals surface area contributed by atoms with Crippen LogP contribution in [0, 0.1) is 0 Å². The van der Waals surface area contributed by atoms with E-state index in [1.807, 2.05) is 31.2 Å². The molecule has 8 heteroatoms. The number of rotatable bonds is 16. The maximum Gasteiger partial charge on any atom is 0.408 e. The molecule has 0 radical (unpaired) electrons. The molecule has 0 saturated carbocycles. The van der Waals surface area contributed by atoms with Crippen molar-refractivity contribution < 1.29 is 24.2 Å². The number of aromatic hydroxyl groups is 1. The molecule has 238 valence electrons. The van der Waals surface area contributed by atoms with Crippen LogP contribution in [0.2, 0.25) is 0 Å². The van der Waals surface area contributed by atoms with Crippen LogP contribution in [-0.2, 0) is 27.2 Å². The number of aryl methyl sites for hydroxylation is 1. The SMILES string of the molecule is CCCCCCN(C(=O)C(Cc1ccc(O)cc1)NC(=O)OC(C)(C)C)C(C(=O)NC(C)CCC)c1ccc(CC)cc1. The van der Waals surface area contributed by atoms with Gasteiger partial charge < -0.3 is 25.4 Å². The average Bonchev–Trinajstić information content (AvgIpc) is 2.94. The van der Waals surface area contributed by atoms with Crippen molar-refractivity contribution in [2.75, 3.05) is 6.54 Å². The number of phenolic OH excluding ortho intramolecular Hbond substituents is 1. The molecule has 0 aromatic heterocycles. The third-order valence-corrected chi connectivity index (χ3v) is 7.27. The topological polar surface area (TPSA) is 108 Å². The zero-order valence-corrected chi connectivity index (χ0v) is 27.2. The fourth-order valence-corrected chi connectivity index (χ4v) is 5.03. The Balaban J connectivity index is 2.58. The first-order valence-corrected chi connectivity index (χ1v) is 15.9. The quantitative estimate of drug-likeness (QED) is 0.184. The Morgan fingerprint density at radius 3 is 2.05 bits per heavy atom. The second-order valence-corrected chi connectivity index (χ2v) is 12.4. The van der Waals surface area contributed by atoms with Crippen LogP contribution in [0.25, 0.3) is 0 Å². The van der Waals surface area contributed by atoms with Gasteiger partial charge in [-0.3, -0.25) is 9.59 Å². The summed E-state index contributed by atoms with van der Waals surface area (Å²) in [6.45, 7) is 13.9. The van der Waals surface area contributed by atoms with Crippen LogP contribution in [-0.4, -0.2) is 52.1 Å². The highest BCUT2D eigenvalue weighted by Crippen LogP contribution is 2.26. The molecule has 0 aliphatic rings. The molecule has 0 aliphatic heterocycles. The molecule has 2 aromatic rings. The summed E-state index contributed by atoms with van der Waals surface area (Å²) >= 11 is 0. The molecule has 0 heterocycles. The number of hydrogen-bond donors (Lipinski definition) is 3. The number of benzene rings is 2. The molecule has 0 fully saturated rings.